The summed E-state index contributed by atoms with van der Waals surface area (Å²) in [5, 5.41) is 0.986. The van der Waals surface area contributed by atoms with E-state index in [1.54, 1.807) is 19.2 Å². The quantitative estimate of drug-likeness (QED) is 0.725. The van der Waals surface area contributed by atoms with Crippen LogP contribution in [0.5, 0.6) is 5.75 Å². The molecule has 0 unspecified atom stereocenters. The number of hydrogen-bond donors (Lipinski definition) is 2. The number of fused-ring (bicyclic) bond motifs is 1. The van der Waals surface area contributed by atoms with E-state index in [0.29, 0.717) is 6.54 Å². The second-order valence-electron chi connectivity index (χ2n) is 5.08. The van der Waals surface area contributed by atoms with E-state index < -0.39 is 7.60 Å². The van der Waals surface area contributed by atoms with Gasteiger partial charge in [-0.15, -0.1) is 0 Å². The van der Waals surface area contributed by atoms with Crippen molar-refractivity contribution in [1.82, 2.24) is 4.57 Å². The molecule has 1 aromatic heterocycles. The summed E-state index contributed by atoms with van der Waals surface area (Å²) in [7, 11) is -2.62. The van der Waals surface area contributed by atoms with Crippen molar-refractivity contribution in [3.8, 4) is 5.75 Å². The fourth-order valence-electron chi connectivity index (χ4n) is 2.42. The van der Waals surface area contributed by atoms with Gasteiger partial charge in [-0.3, -0.25) is 4.57 Å². The van der Waals surface area contributed by atoms with Gasteiger partial charge in [0.25, 0.3) is 0 Å². The second kappa shape index (κ2) is 5.61. The average molecular weight is 317 g/mol. The molecule has 0 aliphatic carbocycles. The number of hydrogen-bond acceptors (Lipinski definition) is 2. The topological polar surface area (TPSA) is 71.7 Å². The molecule has 0 aliphatic heterocycles. The largest absolute Gasteiger partial charge is 0.497 e. The highest BCUT2D eigenvalue weighted by Crippen LogP contribution is 2.34. The van der Waals surface area contributed by atoms with Crippen LogP contribution in [0.2, 0.25) is 0 Å². The molecule has 2 N–H and O–H groups in total. The van der Waals surface area contributed by atoms with Crippen LogP contribution in [0.1, 0.15) is 5.56 Å². The molecule has 0 amide bonds. The molecule has 0 spiro atoms. The predicted octanol–water partition coefficient (Wildman–Crippen LogP) is 2.50. The van der Waals surface area contributed by atoms with E-state index in [1.165, 1.54) is 6.07 Å². The Kier molecular flexibility index (Phi) is 3.79. The maximum Gasteiger partial charge on any atom is 0.356 e. The summed E-state index contributed by atoms with van der Waals surface area (Å²) in [6.07, 6.45) is 1.92. The minimum absolute atomic E-state index is 0.0367. The molecular weight excluding hydrogens is 301 g/mol. The third kappa shape index (κ3) is 2.92. The minimum Gasteiger partial charge on any atom is -0.497 e. The van der Waals surface area contributed by atoms with E-state index >= 15 is 0 Å². The zero-order valence-corrected chi connectivity index (χ0v) is 12.9. The number of nitrogens with zero attached hydrogens (tertiary/aromatic N) is 1. The summed E-state index contributed by atoms with van der Waals surface area (Å²) in [6, 6.07) is 14.4. The average Bonchev–Trinajstić information content (AvgIpc) is 2.89. The summed E-state index contributed by atoms with van der Waals surface area (Å²) in [4.78, 5) is 18.6. The van der Waals surface area contributed by atoms with Crippen molar-refractivity contribution in [1.29, 1.82) is 0 Å². The summed E-state index contributed by atoms with van der Waals surface area (Å²) in [6.45, 7) is 0.623. The Labute approximate surface area is 127 Å². The summed E-state index contributed by atoms with van der Waals surface area (Å²) in [5.74, 6) is 0.796. The number of aromatic nitrogens is 1. The monoisotopic (exact) mass is 317 g/mol. The first-order chi connectivity index (χ1) is 10.5. The first-order valence-electron chi connectivity index (χ1n) is 6.75. The Hall–Kier alpha value is -2.07. The fraction of sp³-hybridized carbons (Fsp3) is 0.125. The van der Waals surface area contributed by atoms with Gasteiger partial charge in [0.1, 0.15) is 5.75 Å². The van der Waals surface area contributed by atoms with Gasteiger partial charge in [-0.25, -0.2) is 0 Å². The van der Waals surface area contributed by atoms with E-state index in [9.17, 15) is 14.4 Å². The van der Waals surface area contributed by atoms with E-state index in [2.05, 4.69) is 0 Å². The van der Waals surface area contributed by atoms with E-state index in [4.69, 9.17) is 4.74 Å². The van der Waals surface area contributed by atoms with Crippen molar-refractivity contribution in [2.24, 2.45) is 0 Å². The van der Waals surface area contributed by atoms with Gasteiger partial charge in [-0.2, -0.15) is 0 Å². The third-order valence-corrected chi connectivity index (χ3v) is 4.56. The van der Waals surface area contributed by atoms with Gasteiger partial charge < -0.3 is 19.1 Å². The second-order valence-corrected chi connectivity index (χ2v) is 6.68. The first-order valence-corrected chi connectivity index (χ1v) is 8.36. The van der Waals surface area contributed by atoms with E-state index in [1.807, 2.05) is 41.1 Å². The highest BCUT2D eigenvalue weighted by molar-refractivity contribution is 7.60. The number of benzene rings is 2. The molecule has 2 aromatic carbocycles. The lowest BCUT2D eigenvalue weighted by molar-refractivity contribution is 0.387. The highest BCUT2D eigenvalue weighted by Gasteiger charge is 2.17. The van der Waals surface area contributed by atoms with Gasteiger partial charge in [-0.05, 0) is 41.3 Å². The maximum atomic E-state index is 11.4. The third-order valence-electron chi connectivity index (χ3n) is 3.61. The molecule has 6 heteroatoms. The Bertz CT molecular complexity index is 848. The number of methoxy groups -OCH3 is 1. The summed E-state index contributed by atoms with van der Waals surface area (Å²) in [5.41, 5.74) is 1.89. The SMILES string of the molecule is COc1ccc(Cn2ccc3ccc(P(=O)(O)O)cc32)cc1. The Morgan fingerprint density at radius 3 is 2.45 bits per heavy atom. The highest BCUT2D eigenvalue weighted by atomic mass is 31.2. The molecule has 1 heterocycles. The summed E-state index contributed by atoms with van der Waals surface area (Å²) < 4.78 is 18.5. The molecule has 5 nitrogen and oxygen atoms in total. The van der Waals surface area contributed by atoms with Gasteiger partial charge >= 0.3 is 7.60 Å². The van der Waals surface area contributed by atoms with Crippen LogP contribution in [0.25, 0.3) is 10.9 Å². The van der Waals surface area contributed by atoms with Gasteiger partial charge in [0.2, 0.25) is 0 Å². The standard InChI is InChI=1S/C16H16NO4P/c1-21-14-5-2-12(3-6-14)11-17-9-8-13-4-7-15(10-16(13)17)22(18,19)20/h2-10H,11H2,1H3,(H2,18,19,20). The molecule has 3 aromatic rings. The predicted molar refractivity (Wildman–Crippen MR) is 85.7 cm³/mol. The minimum atomic E-state index is -4.24. The van der Waals surface area contributed by atoms with Crippen LogP contribution < -0.4 is 10.0 Å². The van der Waals surface area contributed by atoms with Crippen LogP contribution in [0, 0.1) is 0 Å². The van der Waals surface area contributed by atoms with Crippen LogP contribution in [-0.4, -0.2) is 21.5 Å². The molecule has 114 valence electrons. The van der Waals surface area contributed by atoms with Crippen LogP contribution in [0.15, 0.2) is 54.7 Å². The van der Waals surface area contributed by atoms with Gasteiger partial charge in [0, 0.05) is 18.3 Å². The van der Waals surface area contributed by atoms with Crippen molar-refractivity contribution >= 4 is 23.8 Å². The van der Waals surface area contributed by atoms with Crippen molar-refractivity contribution in [3.63, 3.8) is 0 Å². The Morgan fingerprint density at radius 2 is 1.82 bits per heavy atom. The molecule has 22 heavy (non-hydrogen) atoms. The van der Waals surface area contributed by atoms with Crippen LogP contribution in [0.3, 0.4) is 0 Å². The Morgan fingerprint density at radius 1 is 1.09 bits per heavy atom. The zero-order valence-electron chi connectivity index (χ0n) is 12.0. The zero-order chi connectivity index (χ0) is 15.7. The Balaban J connectivity index is 1.97. The maximum absolute atomic E-state index is 11.4. The molecule has 0 fully saturated rings. The molecule has 0 bridgehead atoms. The lowest BCUT2D eigenvalue weighted by atomic mass is 10.2. The van der Waals surface area contributed by atoms with Crippen molar-refractivity contribution in [2.75, 3.05) is 7.11 Å². The van der Waals surface area contributed by atoms with E-state index in [-0.39, 0.29) is 5.30 Å². The van der Waals surface area contributed by atoms with Crippen LogP contribution in [-0.2, 0) is 11.1 Å². The van der Waals surface area contributed by atoms with Gasteiger partial charge in [0.15, 0.2) is 0 Å². The van der Waals surface area contributed by atoms with E-state index in [0.717, 1.165) is 22.2 Å². The van der Waals surface area contributed by atoms with Gasteiger partial charge in [-0.1, -0.05) is 18.2 Å². The lowest BCUT2D eigenvalue weighted by Gasteiger charge is -2.09. The van der Waals surface area contributed by atoms with Crippen molar-refractivity contribution in [2.45, 2.75) is 6.54 Å². The van der Waals surface area contributed by atoms with Crippen molar-refractivity contribution < 1.29 is 19.1 Å². The smallest absolute Gasteiger partial charge is 0.356 e. The lowest BCUT2D eigenvalue weighted by Crippen LogP contribution is -2.05. The molecule has 3 rings (SSSR count). The number of rotatable bonds is 4. The molecular formula is C16H16NO4P. The molecule has 0 atom stereocenters. The molecule has 0 radical (unpaired) electrons. The number of ether oxygens (including phenoxy) is 1. The molecule has 0 aliphatic rings. The van der Waals surface area contributed by atoms with Crippen LogP contribution in [0.4, 0.5) is 0 Å². The van der Waals surface area contributed by atoms with Crippen molar-refractivity contribution in [3.05, 3.63) is 60.3 Å². The molecule has 0 saturated heterocycles. The fourth-order valence-corrected chi connectivity index (χ4v) is 2.98. The van der Waals surface area contributed by atoms with Crippen LogP contribution >= 0.6 is 7.60 Å². The van der Waals surface area contributed by atoms with Gasteiger partial charge in [0.05, 0.1) is 12.4 Å². The normalized spacial score (nSPS) is 11.8. The molecule has 0 saturated carbocycles. The summed E-state index contributed by atoms with van der Waals surface area (Å²) >= 11 is 0. The first kappa shape index (κ1) is 14.9.